The van der Waals surface area contributed by atoms with Gasteiger partial charge in [0.1, 0.15) is 0 Å². The maximum atomic E-state index is 12.8. The molecule has 1 unspecified atom stereocenters. The number of hydrogen-bond acceptors (Lipinski definition) is 6. The molecule has 1 fully saturated rings. The molecule has 1 amide bonds. The van der Waals surface area contributed by atoms with Gasteiger partial charge in [-0.3, -0.25) is 14.9 Å². The van der Waals surface area contributed by atoms with Crippen molar-refractivity contribution in [1.29, 1.82) is 0 Å². The van der Waals surface area contributed by atoms with Crippen molar-refractivity contribution in [3.8, 4) is 11.3 Å². The third kappa shape index (κ3) is 5.00. The van der Waals surface area contributed by atoms with Crippen molar-refractivity contribution >= 4 is 29.0 Å². The number of nitro benzene ring substituents is 1. The molecule has 1 saturated heterocycles. The van der Waals surface area contributed by atoms with Crippen LogP contribution in [0.15, 0.2) is 66.0 Å². The number of aromatic nitrogens is 2. The van der Waals surface area contributed by atoms with E-state index in [2.05, 4.69) is 9.55 Å². The van der Waals surface area contributed by atoms with E-state index in [9.17, 15) is 14.9 Å². The molecule has 2 heterocycles. The normalized spacial score (nSPS) is 15.6. The molecule has 1 aliphatic heterocycles. The third-order valence-corrected chi connectivity index (χ3v) is 6.42. The quantitative estimate of drug-likeness (QED) is 0.286. The number of imidazole rings is 1. The Labute approximate surface area is 190 Å². The minimum atomic E-state index is -0.459. The molecule has 0 aliphatic carbocycles. The van der Waals surface area contributed by atoms with Crippen LogP contribution in [0.3, 0.4) is 0 Å². The largest absolute Gasteiger partial charge is 0.376 e. The van der Waals surface area contributed by atoms with Gasteiger partial charge in [0, 0.05) is 31.5 Å². The van der Waals surface area contributed by atoms with Crippen molar-refractivity contribution < 1.29 is 14.5 Å². The topological polar surface area (TPSA) is 90.5 Å². The second-order valence-corrected chi connectivity index (χ2v) is 8.50. The van der Waals surface area contributed by atoms with Gasteiger partial charge in [-0.1, -0.05) is 42.1 Å². The van der Waals surface area contributed by atoms with E-state index in [0.717, 1.165) is 35.9 Å². The lowest BCUT2D eigenvalue weighted by atomic mass is 10.1. The van der Waals surface area contributed by atoms with Gasteiger partial charge in [-0.15, -0.1) is 0 Å². The number of nitro groups is 1. The van der Waals surface area contributed by atoms with Crippen molar-refractivity contribution in [2.24, 2.45) is 0 Å². The molecule has 0 N–H and O–H groups in total. The molecule has 2 aromatic carbocycles. The predicted octanol–water partition coefficient (Wildman–Crippen LogP) is 4.39. The summed E-state index contributed by atoms with van der Waals surface area (Å²) in [6.45, 7) is 1.47. The number of carbonyl (C=O) groups excluding carboxylic acids is 1. The zero-order chi connectivity index (χ0) is 22.5. The first-order chi connectivity index (χ1) is 15.5. The highest BCUT2D eigenvalue weighted by atomic mass is 32.2. The van der Waals surface area contributed by atoms with Gasteiger partial charge in [0.2, 0.25) is 5.91 Å². The summed E-state index contributed by atoms with van der Waals surface area (Å²) in [5, 5.41) is 11.6. The Balaban J connectivity index is 1.48. The van der Waals surface area contributed by atoms with Crippen LogP contribution in [-0.4, -0.2) is 45.9 Å². The van der Waals surface area contributed by atoms with Crippen LogP contribution in [0.4, 0.5) is 11.4 Å². The minimum Gasteiger partial charge on any atom is -0.376 e. The number of rotatable bonds is 8. The van der Waals surface area contributed by atoms with Crippen LogP contribution in [0, 0.1) is 10.1 Å². The predicted molar refractivity (Wildman–Crippen MR) is 124 cm³/mol. The van der Waals surface area contributed by atoms with Crippen molar-refractivity contribution in [2.45, 2.75) is 30.6 Å². The summed E-state index contributed by atoms with van der Waals surface area (Å²) in [4.78, 5) is 29.3. The Morgan fingerprint density at radius 3 is 2.66 bits per heavy atom. The number of benzene rings is 2. The molecule has 1 atom stereocenters. The fourth-order valence-electron chi connectivity index (χ4n) is 3.65. The molecular weight excluding hydrogens is 428 g/mol. The summed E-state index contributed by atoms with van der Waals surface area (Å²) in [6, 6.07) is 16.0. The van der Waals surface area contributed by atoms with Gasteiger partial charge >= 0.3 is 0 Å². The zero-order valence-corrected chi connectivity index (χ0v) is 18.5. The van der Waals surface area contributed by atoms with Crippen LogP contribution in [0.5, 0.6) is 0 Å². The van der Waals surface area contributed by atoms with Gasteiger partial charge in [0.15, 0.2) is 5.16 Å². The number of nitrogens with zero attached hydrogens (tertiary/aromatic N) is 4. The molecule has 166 valence electrons. The average Bonchev–Trinajstić information content (AvgIpc) is 3.48. The molecule has 1 aromatic heterocycles. The molecule has 0 radical (unpaired) electrons. The van der Waals surface area contributed by atoms with E-state index in [1.807, 2.05) is 36.5 Å². The molecule has 0 spiro atoms. The molecule has 1 aliphatic rings. The SMILES string of the molecule is CN(C(=O)CSc1ncc(-c2ccccc2)n1CC1CCCO1)c1ccc([N+](=O)[O-])cc1. The van der Waals surface area contributed by atoms with Gasteiger partial charge in [-0.05, 0) is 30.5 Å². The highest BCUT2D eigenvalue weighted by Gasteiger charge is 2.22. The zero-order valence-electron chi connectivity index (χ0n) is 17.7. The first-order valence-electron chi connectivity index (χ1n) is 10.4. The van der Waals surface area contributed by atoms with Crippen LogP contribution in [0.1, 0.15) is 12.8 Å². The van der Waals surface area contributed by atoms with Crippen molar-refractivity contribution in [2.75, 3.05) is 24.3 Å². The first kappa shape index (κ1) is 22.0. The first-order valence-corrected chi connectivity index (χ1v) is 11.4. The Kier molecular flexibility index (Phi) is 6.87. The Hall–Kier alpha value is -3.17. The molecular formula is C23H24N4O4S. The summed E-state index contributed by atoms with van der Waals surface area (Å²) in [7, 11) is 1.66. The maximum Gasteiger partial charge on any atom is 0.269 e. The Morgan fingerprint density at radius 2 is 2.00 bits per heavy atom. The molecule has 9 heteroatoms. The fourth-order valence-corrected chi connectivity index (χ4v) is 4.55. The number of hydrogen-bond donors (Lipinski definition) is 0. The molecule has 0 saturated carbocycles. The summed E-state index contributed by atoms with van der Waals surface area (Å²) in [6.07, 6.45) is 4.06. The number of non-ortho nitro benzene ring substituents is 1. The van der Waals surface area contributed by atoms with Crippen molar-refractivity contribution in [3.05, 3.63) is 70.9 Å². The lowest BCUT2D eigenvalue weighted by Gasteiger charge is -2.18. The van der Waals surface area contributed by atoms with E-state index < -0.39 is 4.92 Å². The summed E-state index contributed by atoms with van der Waals surface area (Å²) < 4.78 is 7.97. The number of thioether (sulfide) groups is 1. The van der Waals surface area contributed by atoms with Gasteiger partial charge in [0.05, 0.1) is 35.2 Å². The van der Waals surface area contributed by atoms with E-state index in [4.69, 9.17) is 4.74 Å². The minimum absolute atomic E-state index is 0.00595. The van der Waals surface area contributed by atoms with Crippen LogP contribution < -0.4 is 4.90 Å². The Bertz CT molecular complexity index is 1080. The Morgan fingerprint density at radius 1 is 1.25 bits per heavy atom. The fraction of sp³-hybridized carbons (Fsp3) is 0.304. The van der Waals surface area contributed by atoms with Crippen LogP contribution in [0.25, 0.3) is 11.3 Å². The molecule has 4 rings (SSSR count). The highest BCUT2D eigenvalue weighted by Crippen LogP contribution is 2.29. The van der Waals surface area contributed by atoms with E-state index in [1.54, 1.807) is 19.2 Å². The molecule has 8 nitrogen and oxygen atoms in total. The van der Waals surface area contributed by atoms with Crippen LogP contribution >= 0.6 is 11.8 Å². The summed E-state index contributed by atoms with van der Waals surface area (Å²) >= 11 is 1.38. The standard InChI is InChI=1S/C23H24N4O4S/c1-25(18-9-11-19(12-10-18)27(29)30)22(28)16-32-23-24-14-21(17-6-3-2-4-7-17)26(23)15-20-8-5-13-31-20/h2-4,6-7,9-12,14,20H,5,8,13,15-16H2,1H3. The van der Waals surface area contributed by atoms with Gasteiger partial charge in [-0.25, -0.2) is 4.98 Å². The van der Waals surface area contributed by atoms with Gasteiger partial charge < -0.3 is 14.2 Å². The number of anilines is 1. The number of carbonyl (C=O) groups is 1. The summed E-state index contributed by atoms with van der Waals surface area (Å²) in [5.74, 6) is 0.0846. The van der Waals surface area contributed by atoms with E-state index in [1.165, 1.54) is 28.8 Å². The smallest absolute Gasteiger partial charge is 0.269 e. The third-order valence-electron chi connectivity index (χ3n) is 5.45. The second kappa shape index (κ2) is 9.97. The van der Waals surface area contributed by atoms with Crippen molar-refractivity contribution in [3.63, 3.8) is 0 Å². The highest BCUT2D eigenvalue weighted by molar-refractivity contribution is 7.99. The lowest BCUT2D eigenvalue weighted by Crippen LogP contribution is -2.28. The van der Waals surface area contributed by atoms with Gasteiger partial charge in [-0.2, -0.15) is 0 Å². The number of amides is 1. The average molecular weight is 453 g/mol. The van der Waals surface area contributed by atoms with E-state index in [0.29, 0.717) is 12.2 Å². The lowest BCUT2D eigenvalue weighted by molar-refractivity contribution is -0.384. The maximum absolute atomic E-state index is 12.8. The summed E-state index contributed by atoms with van der Waals surface area (Å²) in [5.41, 5.74) is 2.67. The molecule has 32 heavy (non-hydrogen) atoms. The monoisotopic (exact) mass is 452 g/mol. The van der Waals surface area contributed by atoms with Gasteiger partial charge in [0.25, 0.3) is 5.69 Å². The van der Waals surface area contributed by atoms with Crippen LogP contribution in [0.2, 0.25) is 0 Å². The van der Waals surface area contributed by atoms with Crippen molar-refractivity contribution in [1.82, 2.24) is 9.55 Å². The van der Waals surface area contributed by atoms with E-state index in [-0.39, 0.29) is 23.5 Å². The molecule has 3 aromatic rings. The van der Waals surface area contributed by atoms with E-state index >= 15 is 0 Å². The molecule has 0 bridgehead atoms. The second-order valence-electron chi connectivity index (χ2n) is 7.55. The number of ether oxygens (including phenoxy) is 1. The van der Waals surface area contributed by atoms with Crippen LogP contribution in [-0.2, 0) is 16.1 Å².